The second-order valence-electron chi connectivity index (χ2n) is 4.08. The number of fused-ring (bicyclic) bond motifs is 1. The molecular formula is C10H12BrN3O. The van der Waals surface area contributed by atoms with Gasteiger partial charge in [0, 0.05) is 0 Å². The summed E-state index contributed by atoms with van der Waals surface area (Å²) < 4.78 is 2.55. The fourth-order valence-electron chi connectivity index (χ4n) is 1.80. The van der Waals surface area contributed by atoms with Crippen LogP contribution in [0.3, 0.4) is 0 Å². The molecule has 0 radical (unpaired) electrons. The van der Waals surface area contributed by atoms with E-state index in [4.69, 9.17) is 0 Å². The highest BCUT2D eigenvalue weighted by molar-refractivity contribution is 9.10. The Hall–Kier alpha value is -0.940. The zero-order valence-corrected chi connectivity index (χ0v) is 10.4. The Bertz CT molecular complexity index is 513. The van der Waals surface area contributed by atoms with Crippen molar-refractivity contribution in [3.05, 3.63) is 28.1 Å². The zero-order chi connectivity index (χ0) is 11.2. The Morgan fingerprint density at radius 3 is 2.73 bits per heavy atom. The SMILES string of the molecule is Cc1cc(Br)c2ncnn2c1C(C)(C)O. The Balaban J connectivity index is 2.89. The molecule has 80 valence electrons. The van der Waals surface area contributed by atoms with Crippen molar-refractivity contribution in [2.24, 2.45) is 0 Å². The predicted octanol–water partition coefficient (Wildman–Crippen LogP) is 2.03. The first-order chi connectivity index (χ1) is 6.91. The molecule has 0 saturated heterocycles. The molecular weight excluding hydrogens is 258 g/mol. The minimum Gasteiger partial charge on any atom is -0.384 e. The highest BCUT2D eigenvalue weighted by Crippen LogP contribution is 2.27. The first kappa shape index (κ1) is 10.6. The summed E-state index contributed by atoms with van der Waals surface area (Å²) in [6, 6.07) is 1.94. The Morgan fingerprint density at radius 1 is 1.47 bits per heavy atom. The summed E-state index contributed by atoms with van der Waals surface area (Å²) in [4.78, 5) is 4.13. The maximum Gasteiger partial charge on any atom is 0.169 e. The lowest BCUT2D eigenvalue weighted by Crippen LogP contribution is -2.22. The van der Waals surface area contributed by atoms with Crippen molar-refractivity contribution in [2.75, 3.05) is 0 Å². The average molecular weight is 270 g/mol. The van der Waals surface area contributed by atoms with Crippen LogP contribution in [0, 0.1) is 6.92 Å². The molecule has 0 spiro atoms. The molecule has 0 saturated carbocycles. The zero-order valence-electron chi connectivity index (χ0n) is 8.82. The van der Waals surface area contributed by atoms with Gasteiger partial charge in [0.05, 0.1) is 10.2 Å². The number of aromatic nitrogens is 3. The summed E-state index contributed by atoms with van der Waals surface area (Å²) in [5, 5.41) is 14.2. The van der Waals surface area contributed by atoms with E-state index < -0.39 is 5.60 Å². The summed E-state index contributed by atoms with van der Waals surface area (Å²) >= 11 is 3.42. The first-order valence-corrected chi connectivity index (χ1v) is 5.42. The van der Waals surface area contributed by atoms with Gasteiger partial charge < -0.3 is 5.11 Å². The molecule has 15 heavy (non-hydrogen) atoms. The van der Waals surface area contributed by atoms with Crippen molar-refractivity contribution < 1.29 is 5.11 Å². The summed E-state index contributed by atoms with van der Waals surface area (Å²) in [5.41, 5.74) is 1.53. The number of halogens is 1. The molecule has 2 aromatic heterocycles. The topological polar surface area (TPSA) is 50.4 Å². The van der Waals surface area contributed by atoms with E-state index in [1.54, 1.807) is 18.4 Å². The quantitative estimate of drug-likeness (QED) is 0.862. The van der Waals surface area contributed by atoms with Crippen LogP contribution in [-0.2, 0) is 5.60 Å². The molecule has 0 aliphatic heterocycles. The van der Waals surface area contributed by atoms with Gasteiger partial charge in [0.1, 0.15) is 11.9 Å². The number of pyridine rings is 1. The van der Waals surface area contributed by atoms with Crippen LogP contribution >= 0.6 is 15.9 Å². The third-order valence-corrected chi connectivity index (χ3v) is 2.85. The number of aliphatic hydroxyl groups is 1. The number of nitrogens with zero attached hydrogens (tertiary/aromatic N) is 3. The average Bonchev–Trinajstić information content (AvgIpc) is 2.49. The van der Waals surface area contributed by atoms with Gasteiger partial charge in [-0.25, -0.2) is 9.50 Å². The Labute approximate surface area is 96.1 Å². The van der Waals surface area contributed by atoms with Crippen LogP contribution in [0.2, 0.25) is 0 Å². The van der Waals surface area contributed by atoms with Crippen LogP contribution in [0.1, 0.15) is 25.1 Å². The molecule has 5 heteroatoms. The number of rotatable bonds is 1. The first-order valence-electron chi connectivity index (χ1n) is 4.63. The second-order valence-corrected chi connectivity index (χ2v) is 4.93. The molecule has 0 atom stereocenters. The Kier molecular flexibility index (Phi) is 2.31. The molecule has 0 aromatic carbocycles. The summed E-state index contributed by atoms with van der Waals surface area (Å²) in [5.74, 6) is 0. The van der Waals surface area contributed by atoms with E-state index in [-0.39, 0.29) is 0 Å². The highest BCUT2D eigenvalue weighted by Gasteiger charge is 2.23. The van der Waals surface area contributed by atoms with Crippen molar-refractivity contribution in [3.63, 3.8) is 0 Å². The van der Waals surface area contributed by atoms with Gasteiger partial charge in [0.25, 0.3) is 0 Å². The largest absolute Gasteiger partial charge is 0.384 e. The van der Waals surface area contributed by atoms with Crippen LogP contribution in [-0.4, -0.2) is 19.7 Å². The smallest absolute Gasteiger partial charge is 0.169 e. The number of hydrogen-bond donors (Lipinski definition) is 1. The van der Waals surface area contributed by atoms with E-state index in [0.29, 0.717) is 0 Å². The van der Waals surface area contributed by atoms with Gasteiger partial charge in [-0.15, -0.1) is 0 Å². The lowest BCUT2D eigenvalue weighted by molar-refractivity contribution is 0.0707. The summed E-state index contributed by atoms with van der Waals surface area (Å²) in [6.07, 6.45) is 1.48. The molecule has 0 unspecified atom stereocenters. The molecule has 0 fully saturated rings. The standard InChI is InChI=1S/C10H12BrN3O/c1-6-4-7(11)9-12-5-13-14(9)8(6)10(2,3)15/h4-5,15H,1-3H3. The fraction of sp³-hybridized carbons (Fsp3) is 0.400. The third kappa shape index (κ3) is 1.66. The van der Waals surface area contributed by atoms with Crippen molar-refractivity contribution >= 4 is 21.6 Å². The minimum atomic E-state index is -0.934. The normalized spacial score (nSPS) is 12.3. The molecule has 2 aromatic rings. The molecule has 0 aliphatic carbocycles. The van der Waals surface area contributed by atoms with Crippen LogP contribution in [0.4, 0.5) is 0 Å². The van der Waals surface area contributed by atoms with Gasteiger partial charge in [-0.3, -0.25) is 0 Å². The van der Waals surface area contributed by atoms with Crippen molar-refractivity contribution in [1.29, 1.82) is 0 Å². The minimum absolute atomic E-state index is 0.720. The molecule has 1 N–H and O–H groups in total. The van der Waals surface area contributed by atoms with Gasteiger partial charge in [-0.05, 0) is 48.3 Å². The van der Waals surface area contributed by atoms with E-state index in [1.807, 2.05) is 13.0 Å². The molecule has 0 amide bonds. The van der Waals surface area contributed by atoms with Gasteiger partial charge in [0.2, 0.25) is 0 Å². The van der Waals surface area contributed by atoms with Crippen LogP contribution in [0.15, 0.2) is 16.9 Å². The van der Waals surface area contributed by atoms with Crippen molar-refractivity contribution in [1.82, 2.24) is 14.6 Å². The van der Waals surface area contributed by atoms with E-state index in [9.17, 15) is 5.11 Å². The molecule has 0 bridgehead atoms. The van der Waals surface area contributed by atoms with Crippen molar-refractivity contribution in [2.45, 2.75) is 26.4 Å². The van der Waals surface area contributed by atoms with E-state index in [1.165, 1.54) is 6.33 Å². The maximum atomic E-state index is 10.1. The lowest BCUT2D eigenvalue weighted by Gasteiger charge is -2.21. The predicted molar refractivity (Wildman–Crippen MR) is 60.7 cm³/mol. The highest BCUT2D eigenvalue weighted by atomic mass is 79.9. The molecule has 0 aliphatic rings. The molecule has 2 rings (SSSR count). The van der Waals surface area contributed by atoms with Gasteiger partial charge in [0.15, 0.2) is 5.65 Å². The Morgan fingerprint density at radius 2 is 2.13 bits per heavy atom. The summed E-state index contributed by atoms with van der Waals surface area (Å²) in [7, 11) is 0. The molecule has 2 heterocycles. The van der Waals surface area contributed by atoms with E-state index in [0.717, 1.165) is 21.4 Å². The van der Waals surface area contributed by atoms with E-state index in [2.05, 4.69) is 26.0 Å². The third-order valence-electron chi connectivity index (χ3n) is 2.27. The number of hydrogen-bond acceptors (Lipinski definition) is 3. The van der Waals surface area contributed by atoms with Crippen molar-refractivity contribution in [3.8, 4) is 0 Å². The van der Waals surface area contributed by atoms with Gasteiger partial charge >= 0.3 is 0 Å². The number of aryl methyl sites for hydroxylation is 1. The van der Waals surface area contributed by atoms with Gasteiger partial charge in [-0.2, -0.15) is 5.10 Å². The maximum absolute atomic E-state index is 10.1. The monoisotopic (exact) mass is 269 g/mol. The van der Waals surface area contributed by atoms with E-state index >= 15 is 0 Å². The second kappa shape index (κ2) is 3.28. The van der Waals surface area contributed by atoms with Gasteiger partial charge in [-0.1, -0.05) is 0 Å². The van der Waals surface area contributed by atoms with Crippen LogP contribution in [0.5, 0.6) is 0 Å². The fourth-order valence-corrected chi connectivity index (χ4v) is 2.41. The summed E-state index contributed by atoms with van der Waals surface area (Å²) in [6.45, 7) is 5.42. The molecule has 4 nitrogen and oxygen atoms in total. The lowest BCUT2D eigenvalue weighted by atomic mass is 10.0. The van der Waals surface area contributed by atoms with Crippen LogP contribution in [0.25, 0.3) is 5.65 Å². The van der Waals surface area contributed by atoms with Crippen LogP contribution < -0.4 is 0 Å².